The molecule has 1 aromatic carbocycles. The quantitative estimate of drug-likeness (QED) is 0.843. The Morgan fingerprint density at radius 2 is 2.05 bits per heavy atom. The smallest absolute Gasteiger partial charge is 0.174 e. The summed E-state index contributed by atoms with van der Waals surface area (Å²) in [5.41, 5.74) is 1.74. The van der Waals surface area contributed by atoms with Gasteiger partial charge >= 0.3 is 0 Å². The van der Waals surface area contributed by atoms with Gasteiger partial charge in [-0.25, -0.2) is 4.39 Å². The Bertz CT molecular complexity index is 586. The molecule has 1 aromatic heterocycles. The first-order valence-electron chi connectivity index (χ1n) is 5.51. The van der Waals surface area contributed by atoms with Crippen LogP contribution in [0.15, 0.2) is 38.0 Å². The Kier molecular flexibility index (Phi) is 4.65. The van der Waals surface area contributed by atoms with Crippen LogP contribution in [0.5, 0.6) is 5.75 Å². The zero-order chi connectivity index (χ0) is 14.0. The monoisotopic (exact) mass is 391 g/mol. The highest BCUT2D eigenvalue weighted by Gasteiger charge is 2.22. The first-order chi connectivity index (χ1) is 9.08. The van der Waals surface area contributed by atoms with Crippen molar-refractivity contribution in [1.82, 2.24) is 5.32 Å². The van der Waals surface area contributed by atoms with Gasteiger partial charge in [0.05, 0.1) is 23.9 Å². The number of methoxy groups -OCH3 is 1. The topological polar surface area (TPSA) is 34.4 Å². The zero-order valence-corrected chi connectivity index (χ0v) is 13.5. The van der Waals surface area contributed by atoms with Gasteiger partial charge in [-0.2, -0.15) is 0 Å². The van der Waals surface area contributed by atoms with E-state index in [1.165, 1.54) is 13.2 Å². The van der Waals surface area contributed by atoms with Crippen LogP contribution < -0.4 is 10.1 Å². The van der Waals surface area contributed by atoms with Gasteiger partial charge < -0.3 is 14.5 Å². The molecule has 0 bridgehead atoms. The predicted octanol–water partition coefficient (Wildman–Crippen LogP) is 4.26. The number of hydrogen-bond acceptors (Lipinski definition) is 3. The Hall–Kier alpha value is -0.850. The Balaban J connectivity index is 2.55. The Labute approximate surface area is 127 Å². The molecule has 0 fully saturated rings. The molecule has 1 heterocycles. The van der Waals surface area contributed by atoms with Crippen LogP contribution in [0.25, 0.3) is 0 Å². The number of halogens is 3. The lowest BCUT2D eigenvalue weighted by atomic mass is 10.0. The Morgan fingerprint density at radius 3 is 2.58 bits per heavy atom. The first kappa shape index (κ1) is 14.6. The minimum atomic E-state index is -0.360. The van der Waals surface area contributed by atoms with Gasteiger partial charge in [0.15, 0.2) is 4.67 Å². The molecule has 1 N–H and O–H groups in total. The fourth-order valence-electron chi connectivity index (χ4n) is 1.94. The summed E-state index contributed by atoms with van der Waals surface area (Å²) in [5, 5.41) is 3.17. The summed E-state index contributed by atoms with van der Waals surface area (Å²) in [6.45, 7) is 0. The third-order valence-corrected chi connectivity index (χ3v) is 4.08. The maximum absolute atomic E-state index is 13.6. The summed E-state index contributed by atoms with van der Waals surface area (Å²) < 4.78 is 25.1. The largest absolute Gasteiger partial charge is 0.496 e. The molecule has 0 spiro atoms. The van der Waals surface area contributed by atoms with Crippen molar-refractivity contribution in [3.8, 4) is 5.75 Å². The van der Waals surface area contributed by atoms with Gasteiger partial charge in [0.25, 0.3) is 0 Å². The lowest BCUT2D eigenvalue weighted by Gasteiger charge is -2.19. The van der Waals surface area contributed by atoms with E-state index in [9.17, 15) is 4.39 Å². The van der Waals surface area contributed by atoms with Gasteiger partial charge in [-0.1, -0.05) is 0 Å². The number of rotatable bonds is 4. The molecule has 0 aliphatic heterocycles. The molecule has 0 amide bonds. The van der Waals surface area contributed by atoms with E-state index in [4.69, 9.17) is 9.15 Å². The highest BCUT2D eigenvalue weighted by atomic mass is 79.9. The highest BCUT2D eigenvalue weighted by molar-refractivity contribution is 9.10. The van der Waals surface area contributed by atoms with Crippen LogP contribution in [0.4, 0.5) is 4.39 Å². The van der Waals surface area contributed by atoms with Crippen LogP contribution in [0.2, 0.25) is 0 Å². The van der Waals surface area contributed by atoms with Crippen molar-refractivity contribution < 1.29 is 13.5 Å². The lowest BCUT2D eigenvalue weighted by Crippen LogP contribution is -2.18. The summed E-state index contributed by atoms with van der Waals surface area (Å²) in [6.07, 6.45) is 1.59. The van der Waals surface area contributed by atoms with Crippen molar-refractivity contribution >= 4 is 31.9 Å². The molecule has 0 radical (unpaired) electrons. The second-order valence-corrected chi connectivity index (χ2v) is 5.45. The summed E-state index contributed by atoms with van der Waals surface area (Å²) in [7, 11) is 3.34. The fourth-order valence-corrected chi connectivity index (χ4v) is 2.77. The van der Waals surface area contributed by atoms with Gasteiger partial charge in [-0.3, -0.25) is 0 Å². The van der Waals surface area contributed by atoms with E-state index in [0.29, 0.717) is 14.9 Å². The van der Waals surface area contributed by atoms with Crippen molar-refractivity contribution in [2.75, 3.05) is 14.2 Å². The van der Waals surface area contributed by atoms with Crippen LogP contribution >= 0.6 is 31.9 Å². The molecule has 0 aliphatic rings. The SMILES string of the molecule is CNC(c1cc(Br)c(F)cc1OC)c1ccoc1Br. The van der Waals surface area contributed by atoms with Crippen LogP contribution in [0.1, 0.15) is 17.2 Å². The predicted molar refractivity (Wildman–Crippen MR) is 78.0 cm³/mol. The molecule has 1 unspecified atom stereocenters. The molecule has 0 saturated carbocycles. The molecule has 2 aromatic rings. The van der Waals surface area contributed by atoms with E-state index in [-0.39, 0.29) is 11.9 Å². The second-order valence-electron chi connectivity index (χ2n) is 3.88. The second kappa shape index (κ2) is 6.07. The Morgan fingerprint density at radius 1 is 1.32 bits per heavy atom. The maximum atomic E-state index is 13.6. The van der Waals surface area contributed by atoms with Gasteiger partial charge in [0, 0.05) is 17.2 Å². The van der Waals surface area contributed by atoms with Crippen LogP contribution in [0, 0.1) is 5.82 Å². The standard InChI is InChI=1S/C13H12Br2FNO2/c1-17-12(7-3-4-19-13(7)15)8-5-9(14)10(16)6-11(8)18-2/h3-6,12,17H,1-2H3. The zero-order valence-electron chi connectivity index (χ0n) is 10.3. The first-order valence-corrected chi connectivity index (χ1v) is 7.10. The number of furan rings is 1. The lowest BCUT2D eigenvalue weighted by molar-refractivity contribution is 0.401. The van der Waals surface area contributed by atoms with E-state index >= 15 is 0 Å². The van der Waals surface area contributed by atoms with Crippen LogP contribution in [0.3, 0.4) is 0 Å². The van der Waals surface area contributed by atoms with Gasteiger partial charge in [-0.15, -0.1) is 0 Å². The highest BCUT2D eigenvalue weighted by Crippen LogP contribution is 2.36. The maximum Gasteiger partial charge on any atom is 0.174 e. The average molecular weight is 393 g/mol. The summed E-state index contributed by atoms with van der Waals surface area (Å²) in [5.74, 6) is 0.120. The van der Waals surface area contributed by atoms with Crippen molar-refractivity contribution in [2.24, 2.45) is 0 Å². The minimum Gasteiger partial charge on any atom is -0.496 e. The van der Waals surface area contributed by atoms with Crippen molar-refractivity contribution in [3.05, 3.63) is 50.5 Å². The third-order valence-electron chi connectivity index (χ3n) is 2.83. The molecule has 0 aliphatic carbocycles. The molecule has 0 saturated heterocycles. The van der Waals surface area contributed by atoms with E-state index in [2.05, 4.69) is 37.2 Å². The number of nitrogens with one attached hydrogen (secondary N) is 1. The van der Waals surface area contributed by atoms with Gasteiger partial charge in [0.2, 0.25) is 0 Å². The number of benzene rings is 1. The number of ether oxygens (including phenoxy) is 1. The number of hydrogen-bond donors (Lipinski definition) is 1. The molecule has 2 rings (SSSR count). The fraction of sp³-hybridized carbons (Fsp3) is 0.231. The summed E-state index contributed by atoms with van der Waals surface area (Å²) in [4.78, 5) is 0. The van der Waals surface area contributed by atoms with E-state index in [1.807, 2.05) is 13.1 Å². The van der Waals surface area contributed by atoms with E-state index in [0.717, 1.165) is 11.1 Å². The van der Waals surface area contributed by atoms with Crippen LogP contribution in [-0.2, 0) is 0 Å². The molecule has 19 heavy (non-hydrogen) atoms. The molecular weight excluding hydrogens is 381 g/mol. The normalized spacial score (nSPS) is 12.5. The van der Waals surface area contributed by atoms with Crippen molar-refractivity contribution in [3.63, 3.8) is 0 Å². The molecule has 3 nitrogen and oxygen atoms in total. The summed E-state index contributed by atoms with van der Waals surface area (Å²) in [6, 6.07) is 4.74. The van der Waals surface area contributed by atoms with Gasteiger partial charge in [-0.05, 0) is 51.0 Å². The molecule has 1 atom stereocenters. The molecule has 102 valence electrons. The summed E-state index contributed by atoms with van der Waals surface area (Å²) >= 11 is 6.55. The minimum absolute atomic E-state index is 0.167. The van der Waals surface area contributed by atoms with E-state index < -0.39 is 0 Å². The van der Waals surface area contributed by atoms with Gasteiger partial charge in [0.1, 0.15) is 11.6 Å². The molecule has 6 heteroatoms. The van der Waals surface area contributed by atoms with Crippen molar-refractivity contribution in [1.29, 1.82) is 0 Å². The van der Waals surface area contributed by atoms with E-state index in [1.54, 1.807) is 12.3 Å². The third kappa shape index (κ3) is 2.85. The average Bonchev–Trinajstić information content (AvgIpc) is 2.81. The van der Waals surface area contributed by atoms with Crippen LogP contribution in [-0.4, -0.2) is 14.2 Å². The van der Waals surface area contributed by atoms with Crippen molar-refractivity contribution in [2.45, 2.75) is 6.04 Å². The molecular formula is C13H12Br2FNO2.